The fraction of sp³-hybridized carbons (Fsp3) is 0.310. The van der Waals surface area contributed by atoms with Gasteiger partial charge >= 0.3 is 0 Å². The lowest BCUT2D eigenvalue weighted by Gasteiger charge is -2.11. The quantitative estimate of drug-likeness (QED) is 0.294. The second kappa shape index (κ2) is 11.6. The van der Waals surface area contributed by atoms with Gasteiger partial charge in [0.1, 0.15) is 17.3 Å². The molecule has 0 saturated carbocycles. The van der Waals surface area contributed by atoms with Gasteiger partial charge in [0.25, 0.3) is 5.91 Å². The molecule has 0 radical (unpaired) electrons. The Labute approximate surface area is 206 Å². The number of aromatic nitrogens is 2. The average Bonchev–Trinajstić information content (AvgIpc) is 3.23. The van der Waals surface area contributed by atoms with Gasteiger partial charge in [-0.2, -0.15) is 0 Å². The highest BCUT2D eigenvalue weighted by Gasteiger charge is 2.12. The number of unbranched alkanes of at least 4 members (excludes halogenated alkanes) is 1. The van der Waals surface area contributed by atoms with Gasteiger partial charge < -0.3 is 19.4 Å². The van der Waals surface area contributed by atoms with Crippen LogP contribution in [0.25, 0.3) is 11.0 Å². The van der Waals surface area contributed by atoms with Crippen molar-refractivity contribution in [1.29, 1.82) is 0 Å². The summed E-state index contributed by atoms with van der Waals surface area (Å²) in [5.74, 6) is 2.46. The molecule has 35 heavy (non-hydrogen) atoms. The lowest BCUT2D eigenvalue weighted by atomic mass is 10.1. The first-order valence-corrected chi connectivity index (χ1v) is 12.1. The Morgan fingerprint density at radius 2 is 1.80 bits per heavy atom. The second-order valence-electron chi connectivity index (χ2n) is 8.71. The monoisotopic (exact) mass is 471 g/mol. The Bertz CT molecular complexity index is 1300. The molecule has 3 aromatic carbocycles. The van der Waals surface area contributed by atoms with Crippen LogP contribution in [-0.4, -0.2) is 35.7 Å². The van der Waals surface area contributed by atoms with E-state index in [9.17, 15) is 4.79 Å². The number of para-hydroxylation sites is 2. The summed E-state index contributed by atoms with van der Waals surface area (Å²) < 4.78 is 13.4. The summed E-state index contributed by atoms with van der Waals surface area (Å²) in [6, 6.07) is 21.6. The van der Waals surface area contributed by atoms with Crippen LogP contribution in [0.2, 0.25) is 0 Å². The molecule has 1 heterocycles. The third-order valence-corrected chi connectivity index (χ3v) is 6.22. The third kappa shape index (κ3) is 6.21. The van der Waals surface area contributed by atoms with E-state index in [-0.39, 0.29) is 5.91 Å². The summed E-state index contributed by atoms with van der Waals surface area (Å²) in [7, 11) is 1.59. The zero-order valence-corrected chi connectivity index (χ0v) is 20.7. The van der Waals surface area contributed by atoms with Crippen LogP contribution in [-0.2, 0) is 13.0 Å². The largest absolute Gasteiger partial charge is 0.497 e. The van der Waals surface area contributed by atoms with Gasteiger partial charge in [-0.25, -0.2) is 4.98 Å². The van der Waals surface area contributed by atoms with E-state index in [2.05, 4.69) is 41.9 Å². The van der Waals surface area contributed by atoms with Crippen molar-refractivity contribution in [1.82, 2.24) is 14.9 Å². The van der Waals surface area contributed by atoms with Crippen molar-refractivity contribution in [3.63, 3.8) is 0 Å². The molecule has 0 aliphatic heterocycles. The fourth-order valence-corrected chi connectivity index (χ4v) is 4.09. The van der Waals surface area contributed by atoms with Crippen LogP contribution in [0.5, 0.6) is 11.5 Å². The van der Waals surface area contributed by atoms with E-state index in [1.165, 1.54) is 11.1 Å². The predicted molar refractivity (Wildman–Crippen MR) is 139 cm³/mol. The van der Waals surface area contributed by atoms with Crippen LogP contribution in [0.4, 0.5) is 0 Å². The van der Waals surface area contributed by atoms with Gasteiger partial charge in [-0.05, 0) is 80.3 Å². The van der Waals surface area contributed by atoms with Gasteiger partial charge in [0.2, 0.25) is 0 Å². The van der Waals surface area contributed by atoms with Crippen LogP contribution in [0, 0.1) is 13.8 Å². The number of carbonyl (C=O) groups is 1. The fourth-order valence-electron chi connectivity index (χ4n) is 4.09. The highest BCUT2D eigenvalue weighted by Crippen LogP contribution is 2.19. The number of benzene rings is 3. The summed E-state index contributed by atoms with van der Waals surface area (Å²) >= 11 is 0. The number of nitrogens with zero attached hydrogens (tertiary/aromatic N) is 2. The van der Waals surface area contributed by atoms with Gasteiger partial charge in [0.15, 0.2) is 0 Å². The Balaban J connectivity index is 1.33. The number of methoxy groups -OCH3 is 1. The molecule has 0 aliphatic rings. The van der Waals surface area contributed by atoms with Gasteiger partial charge in [-0.3, -0.25) is 4.79 Å². The normalized spacial score (nSPS) is 10.9. The van der Waals surface area contributed by atoms with Crippen molar-refractivity contribution in [2.24, 2.45) is 0 Å². The van der Waals surface area contributed by atoms with Crippen molar-refractivity contribution in [2.75, 3.05) is 20.3 Å². The maximum Gasteiger partial charge on any atom is 0.251 e. The van der Waals surface area contributed by atoms with E-state index in [1.54, 1.807) is 19.2 Å². The van der Waals surface area contributed by atoms with Crippen LogP contribution < -0.4 is 14.8 Å². The number of imidazole rings is 1. The standard InChI is InChI=1S/C29H33N3O3/c1-21-13-14-25(19-22(21)2)35-18-7-6-17-32-27-12-5-4-11-26(27)31-28(32)15-16-30-29(33)23-9-8-10-24(20-23)34-3/h4-5,8-14,19-20H,6-7,15-18H2,1-3H3,(H,30,33). The minimum Gasteiger partial charge on any atom is -0.497 e. The topological polar surface area (TPSA) is 65.4 Å². The van der Waals surface area contributed by atoms with Gasteiger partial charge in [-0.15, -0.1) is 0 Å². The van der Waals surface area contributed by atoms with E-state index in [4.69, 9.17) is 14.5 Å². The number of hydrogen-bond donors (Lipinski definition) is 1. The Kier molecular flexibility index (Phi) is 8.03. The van der Waals surface area contributed by atoms with Crippen LogP contribution in [0.15, 0.2) is 66.7 Å². The lowest BCUT2D eigenvalue weighted by molar-refractivity contribution is 0.0953. The number of hydrogen-bond acceptors (Lipinski definition) is 4. The van der Waals surface area contributed by atoms with Crippen LogP contribution >= 0.6 is 0 Å². The molecule has 0 aliphatic carbocycles. The molecule has 1 amide bonds. The smallest absolute Gasteiger partial charge is 0.251 e. The zero-order chi connectivity index (χ0) is 24.6. The number of amides is 1. The lowest BCUT2D eigenvalue weighted by Crippen LogP contribution is -2.26. The summed E-state index contributed by atoms with van der Waals surface area (Å²) in [5, 5.41) is 3.01. The molecule has 1 aromatic heterocycles. The summed E-state index contributed by atoms with van der Waals surface area (Å²) in [4.78, 5) is 17.4. The number of aryl methyl sites for hydroxylation is 3. The first-order chi connectivity index (χ1) is 17.0. The molecule has 0 saturated heterocycles. The molecule has 6 heteroatoms. The van der Waals surface area contributed by atoms with Crippen molar-refractivity contribution >= 4 is 16.9 Å². The van der Waals surface area contributed by atoms with Crippen LogP contribution in [0.1, 0.15) is 40.2 Å². The molecule has 0 fully saturated rings. The molecule has 0 atom stereocenters. The second-order valence-corrected chi connectivity index (χ2v) is 8.71. The van der Waals surface area contributed by atoms with Gasteiger partial charge in [-0.1, -0.05) is 24.3 Å². The van der Waals surface area contributed by atoms with E-state index in [0.29, 0.717) is 30.9 Å². The summed E-state index contributed by atoms with van der Waals surface area (Å²) in [6.45, 7) is 6.26. The highest BCUT2D eigenvalue weighted by atomic mass is 16.5. The minimum absolute atomic E-state index is 0.116. The average molecular weight is 472 g/mol. The molecule has 1 N–H and O–H groups in total. The van der Waals surface area contributed by atoms with E-state index < -0.39 is 0 Å². The molecule has 0 spiro atoms. The molecular formula is C29H33N3O3. The highest BCUT2D eigenvalue weighted by molar-refractivity contribution is 5.94. The minimum atomic E-state index is -0.116. The zero-order valence-electron chi connectivity index (χ0n) is 20.7. The molecule has 0 unspecified atom stereocenters. The van der Waals surface area contributed by atoms with Crippen LogP contribution in [0.3, 0.4) is 0 Å². The Hall–Kier alpha value is -3.80. The van der Waals surface area contributed by atoms with E-state index in [1.807, 2.05) is 36.4 Å². The SMILES string of the molecule is COc1cccc(C(=O)NCCc2nc3ccccc3n2CCCCOc2ccc(C)c(C)c2)c1. The number of fused-ring (bicyclic) bond motifs is 1. The van der Waals surface area contributed by atoms with E-state index in [0.717, 1.165) is 42.0 Å². The number of ether oxygens (including phenoxy) is 2. The summed E-state index contributed by atoms with van der Waals surface area (Å²) in [6.07, 6.45) is 2.59. The van der Waals surface area contributed by atoms with Crippen molar-refractivity contribution in [2.45, 2.75) is 39.7 Å². The molecule has 4 rings (SSSR count). The van der Waals surface area contributed by atoms with Crippen molar-refractivity contribution < 1.29 is 14.3 Å². The molecule has 0 bridgehead atoms. The maximum atomic E-state index is 12.6. The van der Waals surface area contributed by atoms with Gasteiger partial charge in [0, 0.05) is 25.1 Å². The first kappa shape index (κ1) is 24.3. The number of carbonyl (C=O) groups excluding carboxylic acids is 1. The van der Waals surface area contributed by atoms with Gasteiger partial charge in [0.05, 0.1) is 24.8 Å². The Morgan fingerprint density at radius 3 is 2.63 bits per heavy atom. The molecule has 4 aromatic rings. The predicted octanol–water partition coefficient (Wildman–Crippen LogP) is 5.49. The molecule has 182 valence electrons. The number of nitrogens with one attached hydrogen (secondary N) is 1. The maximum absolute atomic E-state index is 12.6. The van der Waals surface area contributed by atoms with E-state index >= 15 is 0 Å². The first-order valence-electron chi connectivity index (χ1n) is 12.1. The molecular weight excluding hydrogens is 438 g/mol. The number of rotatable bonds is 11. The summed E-state index contributed by atoms with van der Waals surface area (Å²) in [5.41, 5.74) is 5.21. The van der Waals surface area contributed by atoms with Crippen molar-refractivity contribution in [3.8, 4) is 11.5 Å². The molecule has 6 nitrogen and oxygen atoms in total. The third-order valence-electron chi connectivity index (χ3n) is 6.22. The van der Waals surface area contributed by atoms with Crippen molar-refractivity contribution in [3.05, 3.63) is 89.2 Å². The Morgan fingerprint density at radius 1 is 0.943 bits per heavy atom.